The zero-order valence-electron chi connectivity index (χ0n) is 11.0. The third kappa shape index (κ3) is 3.29. The van der Waals surface area contributed by atoms with E-state index >= 15 is 0 Å². The molecule has 0 aliphatic heterocycles. The van der Waals surface area contributed by atoms with Crippen LogP contribution in [0.15, 0.2) is 30.9 Å². The van der Waals surface area contributed by atoms with Gasteiger partial charge in [-0.05, 0) is 18.2 Å². The molecule has 2 rings (SSSR count). The van der Waals surface area contributed by atoms with Crippen molar-refractivity contribution in [3.63, 3.8) is 0 Å². The van der Waals surface area contributed by atoms with Gasteiger partial charge in [0.1, 0.15) is 12.7 Å². The monoisotopic (exact) mass is 313 g/mol. The lowest BCUT2D eigenvalue weighted by Crippen LogP contribution is -2.22. The summed E-state index contributed by atoms with van der Waals surface area (Å²) in [5.41, 5.74) is 0.266. The molecule has 0 aliphatic rings. The molecule has 1 heterocycles. The van der Waals surface area contributed by atoms with Gasteiger partial charge >= 0.3 is 5.97 Å². The van der Waals surface area contributed by atoms with Crippen molar-refractivity contribution < 1.29 is 9.53 Å². The van der Waals surface area contributed by atoms with Gasteiger partial charge in [0.2, 0.25) is 0 Å². The molecular formula is C13H13Cl2N3O2. The van der Waals surface area contributed by atoms with Crippen LogP contribution in [0.4, 0.5) is 0 Å². The molecule has 0 bridgehead atoms. The lowest BCUT2D eigenvalue weighted by Gasteiger charge is -2.21. The van der Waals surface area contributed by atoms with Crippen LogP contribution >= 0.6 is 23.2 Å². The predicted octanol–water partition coefficient (Wildman–Crippen LogP) is 3.60. The van der Waals surface area contributed by atoms with Gasteiger partial charge in [-0.2, -0.15) is 5.10 Å². The molecule has 1 aromatic carbocycles. The van der Waals surface area contributed by atoms with E-state index in [1.165, 1.54) is 29.5 Å². The molecule has 0 radical (unpaired) electrons. The molecular weight excluding hydrogens is 301 g/mol. The van der Waals surface area contributed by atoms with Crippen LogP contribution in [0.2, 0.25) is 10.0 Å². The maximum Gasteiger partial charge on any atom is 0.341 e. The highest BCUT2D eigenvalue weighted by Gasteiger charge is 2.23. The van der Waals surface area contributed by atoms with E-state index in [9.17, 15) is 4.79 Å². The smallest absolute Gasteiger partial charge is 0.341 e. The van der Waals surface area contributed by atoms with E-state index in [1.807, 2.05) is 13.8 Å². The molecule has 0 saturated heterocycles. The SMILES string of the molecule is CC(C)[C@H](OC(=O)c1ccc(Cl)cc1Cl)n1cncn1. The van der Waals surface area contributed by atoms with Gasteiger partial charge in [-0.3, -0.25) is 0 Å². The number of carbonyl (C=O) groups is 1. The molecule has 0 N–H and O–H groups in total. The molecule has 0 fully saturated rings. The highest BCUT2D eigenvalue weighted by molar-refractivity contribution is 6.36. The maximum atomic E-state index is 12.2. The summed E-state index contributed by atoms with van der Waals surface area (Å²) < 4.78 is 6.95. The number of esters is 1. The van der Waals surface area contributed by atoms with Gasteiger partial charge in [-0.15, -0.1) is 0 Å². The summed E-state index contributed by atoms with van der Waals surface area (Å²) in [6.45, 7) is 3.84. The second-order valence-corrected chi connectivity index (χ2v) is 5.38. The van der Waals surface area contributed by atoms with Gasteiger partial charge < -0.3 is 4.74 Å². The Morgan fingerprint density at radius 2 is 2.10 bits per heavy atom. The first-order chi connectivity index (χ1) is 9.49. The van der Waals surface area contributed by atoms with Crippen molar-refractivity contribution in [3.05, 3.63) is 46.5 Å². The molecule has 0 spiro atoms. The van der Waals surface area contributed by atoms with Crippen molar-refractivity contribution in [1.82, 2.24) is 14.8 Å². The third-order valence-electron chi connectivity index (χ3n) is 2.65. The quantitative estimate of drug-likeness (QED) is 0.809. The molecule has 0 amide bonds. The van der Waals surface area contributed by atoms with Gasteiger partial charge in [0.05, 0.1) is 10.6 Å². The number of halogens is 2. The van der Waals surface area contributed by atoms with E-state index in [-0.39, 0.29) is 16.5 Å². The van der Waals surface area contributed by atoms with Crippen LogP contribution in [0.25, 0.3) is 0 Å². The maximum absolute atomic E-state index is 12.2. The summed E-state index contributed by atoms with van der Waals surface area (Å²) in [6.07, 6.45) is 2.34. The van der Waals surface area contributed by atoms with E-state index in [4.69, 9.17) is 27.9 Å². The average Bonchev–Trinajstić information content (AvgIpc) is 2.88. The van der Waals surface area contributed by atoms with E-state index in [1.54, 1.807) is 6.07 Å². The molecule has 1 aromatic heterocycles. The molecule has 5 nitrogen and oxygen atoms in total. The topological polar surface area (TPSA) is 57.0 Å². The van der Waals surface area contributed by atoms with Crippen molar-refractivity contribution in [3.8, 4) is 0 Å². The molecule has 0 saturated carbocycles. The minimum absolute atomic E-state index is 0.0340. The number of hydrogen-bond donors (Lipinski definition) is 0. The van der Waals surface area contributed by atoms with E-state index < -0.39 is 12.2 Å². The fourth-order valence-electron chi connectivity index (χ4n) is 1.67. The molecule has 0 aliphatic carbocycles. The minimum Gasteiger partial charge on any atom is -0.436 e. The first kappa shape index (κ1) is 14.8. The second kappa shape index (κ2) is 6.24. The lowest BCUT2D eigenvalue weighted by molar-refractivity contribution is -0.0147. The first-order valence-corrected chi connectivity index (χ1v) is 6.74. The summed E-state index contributed by atoms with van der Waals surface area (Å²) in [7, 11) is 0. The average molecular weight is 314 g/mol. The number of carbonyl (C=O) groups excluding carboxylic acids is 1. The molecule has 7 heteroatoms. The predicted molar refractivity (Wildman–Crippen MR) is 75.8 cm³/mol. The molecule has 2 aromatic rings. The van der Waals surface area contributed by atoms with E-state index in [0.717, 1.165) is 0 Å². The first-order valence-electron chi connectivity index (χ1n) is 5.99. The third-order valence-corrected chi connectivity index (χ3v) is 3.19. The Morgan fingerprint density at radius 3 is 2.65 bits per heavy atom. The normalized spacial score (nSPS) is 12.4. The number of benzene rings is 1. The zero-order valence-corrected chi connectivity index (χ0v) is 12.5. The standard InChI is InChI=1S/C13H13Cl2N3O2/c1-8(2)12(18-7-16-6-17-18)20-13(19)10-4-3-9(14)5-11(10)15/h3-8,12H,1-2H3/t12-/m0/s1. The summed E-state index contributed by atoms with van der Waals surface area (Å²) in [6, 6.07) is 4.62. The molecule has 20 heavy (non-hydrogen) atoms. The van der Waals surface area contributed by atoms with Crippen LogP contribution in [-0.4, -0.2) is 20.7 Å². The van der Waals surface area contributed by atoms with E-state index in [2.05, 4.69) is 10.1 Å². The van der Waals surface area contributed by atoms with Crippen molar-refractivity contribution in [2.75, 3.05) is 0 Å². The van der Waals surface area contributed by atoms with Gasteiger partial charge in [0, 0.05) is 10.9 Å². The second-order valence-electron chi connectivity index (χ2n) is 4.54. The summed E-state index contributed by atoms with van der Waals surface area (Å²) in [5, 5.41) is 4.71. The Hall–Kier alpha value is -1.59. The Morgan fingerprint density at radius 1 is 1.35 bits per heavy atom. The fraction of sp³-hybridized carbons (Fsp3) is 0.308. The van der Waals surface area contributed by atoms with Crippen LogP contribution in [0.5, 0.6) is 0 Å². The van der Waals surface area contributed by atoms with Gasteiger partial charge in [0.25, 0.3) is 0 Å². The van der Waals surface area contributed by atoms with Crippen LogP contribution in [0.3, 0.4) is 0 Å². The number of hydrogen-bond acceptors (Lipinski definition) is 4. The number of ether oxygens (including phenoxy) is 1. The number of aromatic nitrogens is 3. The highest BCUT2D eigenvalue weighted by atomic mass is 35.5. The Bertz CT molecular complexity index is 600. The van der Waals surface area contributed by atoms with Crippen LogP contribution in [-0.2, 0) is 4.74 Å². The zero-order chi connectivity index (χ0) is 14.7. The molecule has 106 valence electrons. The van der Waals surface area contributed by atoms with Gasteiger partial charge in [0.15, 0.2) is 6.23 Å². The summed E-state index contributed by atoms with van der Waals surface area (Å²) in [4.78, 5) is 16.0. The van der Waals surface area contributed by atoms with Gasteiger partial charge in [-0.1, -0.05) is 37.0 Å². The number of rotatable bonds is 4. The summed E-state index contributed by atoms with van der Waals surface area (Å²) >= 11 is 11.8. The van der Waals surface area contributed by atoms with Crippen molar-refractivity contribution in [2.24, 2.45) is 5.92 Å². The van der Waals surface area contributed by atoms with Crippen molar-refractivity contribution >= 4 is 29.2 Å². The minimum atomic E-state index is -0.545. The molecule has 1 atom stereocenters. The fourth-order valence-corrected chi connectivity index (χ4v) is 2.16. The summed E-state index contributed by atoms with van der Waals surface area (Å²) in [5.74, 6) is -0.493. The van der Waals surface area contributed by atoms with E-state index in [0.29, 0.717) is 5.02 Å². The lowest BCUT2D eigenvalue weighted by atomic mass is 10.2. The Kier molecular flexibility index (Phi) is 4.62. The number of nitrogens with zero attached hydrogens (tertiary/aromatic N) is 3. The van der Waals surface area contributed by atoms with Crippen molar-refractivity contribution in [2.45, 2.75) is 20.1 Å². The van der Waals surface area contributed by atoms with Crippen LogP contribution < -0.4 is 0 Å². The van der Waals surface area contributed by atoms with Crippen LogP contribution in [0, 0.1) is 5.92 Å². The Balaban J connectivity index is 2.21. The van der Waals surface area contributed by atoms with Gasteiger partial charge in [-0.25, -0.2) is 14.5 Å². The Labute approximate surface area is 126 Å². The largest absolute Gasteiger partial charge is 0.436 e. The molecule has 0 unspecified atom stereocenters. The highest BCUT2D eigenvalue weighted by Crippen LogP contribution is 2.25. The van der Waals surface area contributed by atoms with Crippen LogP contribution in [0.1, 0.15) is 30.4 Å². The van der Waals surface area contributed by atoms with Crippen molar-refractivity contribution in [1.29, 1.82) is 0 Å².